The highest BCUT2D eigenvalue weighted by atomic mass is 19.1. The lowest BCUT2D eigenvalue weighted by molar-refractivity contribution is 0.0998. The number of imidazole rings is 1. The molecule has 4 aromatic heterocycles. The van der Waals surface area contributed by atoms with Crippen LogP contribution in [-0.4, -0.2) is 35.2 Å². The molecule has 5 aromatic rings. The zero-order valence-corrected chi connectivity index (χ0v) is 18.6. The van der Waals surface area contributed by atoms with Gasteiger partial charge in [-0.15, -0.1) is 10.2 Å². The molecule has 1 aliphatic carbocycles. The number of carbonyl (C=O) groups excluding carboxylic acids is 1. The molecule has 0 bridgehead atoms. The smallest absolute Gasteiger partial charge is 0.292 e. The number of hydrogen-bond acceptors (Lipinski definition) is 6. The van der Waals surface area contributed by atoms with Crippen molar-refractivity contribution in [3.05, 3.63) is 72.0 Å². The van der Waals surface area contributed by atoms with Gasteiger partial charge in [0.05, 0.1) is 17.7 Å². The van der Waals surface area contributed by atoms with Crippen molar-refractivity contribution in [3.63, 3.8) is 0 Å². The van der Waals surface area contributed by atoms with Gasteiger partial charge in [0, 0.05) is 30.5 Å². The topological polar surface area (TPSA) is 104 Å². The maximum Gasteiger partial charge on any atom is 0.292 e. The zero-order valence-electron chi connectivity index (χ0n) is 18.6. The number of hydrogen-bond donors (Lipinski definition) is 1. The molecule has 0 unspecified atom stereocenters. The molecular formula is C25H20FN7O2. The number of nitrogens with zero attached hydrogens (tertiary/aromatic N) is 6. The average Bonchev–Trinajstić information content (AvgIpc) is 3.25. The minimum atomic E-state index is -0.479. The van der Waals surface area contributed by atoms with Gasteiger partial charge < -0.3 is 18.9 Å². The highest BCUT2D eigenvalue weighted by molar-refractivity contribution is 6.05. The van der Waals surface area contributed by atoms with Crippen LogP contribution in [0.25, 0.3) is 28.2 Å². The van der Waals surface area contributed by atoms with Gasteiger partial charge in [-0.1, -0.05) is 6.07 Å². The fourth-order valence-electron chi connectivity index (χ4n) is 4.64. The minimum absolute atomic E-state index is 0.0601. The van der Waals surface area contributed by atoms with Crippen LogP contribution in [0.4, 0.5) is 10.2 Å². The summed E-state index contributed by atoms with van der Waals surface area (Å²) in [7, 11) is 0. The summed E-state index contributed by atoms with van der Waals surface area (Å²) in [5.74, 6) is 1.61. The van der Waals surface area contributed by atoms with Crippen molar-refractivity contribution in [2.24, 2.45) is 0 Å². The number of pyridine rings is 1. The van der Waals surface area contributed by atoms with Crippen molar-refractivity contribution in [2.75, 3.05) is 5.32 Å². The lowest BCUT2D eigenvalue weighted by Crippen LogP contribution is -2.12. The van der Waals surface area contributed by atoms with E-state index in [0.29, 0.717) is 39.9 Å². The molecular weight excluding hydrogens is 449 g/mol. The van der Waals surface area contributed by atoms with E-state index >= 15 is 0 Å². The molecule has 174 valence electrons. The summed E-state index contributed by atoms with van der Waals surface area (Å²) in [5, 5.41) is 11.8. The van der Waals surface area contributed by atoms with Crippen molar-refractivity contribution in [1.82, 2.24) is 29.3 Å². The Hall–Kier alpha value is -4.34. The fourth-order valence-corrected chi connectivity index (χ4v) is 4.64. The molecule has 0 spiro atoms. The average molecular weight is 469 g/mol. The van der Waals surface area contributed by atoms with E-state index in [9.17, 15) is 9.18 Å². The summed E-state index contributed by atoms with van der Waals surface area (Å²) < 4.78 is 24.3. The third-order valence-corrected chi connectivity index (χ3v) is 6.53. The molecule has 1 saturated carbocycles. The van der Waals surface area contributed by atoms with Crippen molar-refractivity contribution in [1.29, 1.82) is 0 Å². The molecule has 0 saturated heterocycles. The third-order valence-electron chi connectivity index (χ3n) is 6.53. The van der Waals surface area contributed by atoms with E-state index in [-0.39, 0.29) is 5.76 Å². The Kier molecular flexibility index (Phi) is 4.35. The van der Waals surface area contributed by atoms with Crippen LogP contribution in [0.5, 0.6) is 0 Å². The molecule has 1 amide bonds. The summed E-state index contributed by atoms with van der Waals surface area (Å²) in [6.07, 6.45) is 7.60. The fraction of sp³-hybridized carbons (Fsp3) is 0.240. The van der Waals surface area contributed by atoms with E-state index in [1.807, 2.05) is 16.8 Å². The van der Waals surface area contributed by atoms with Gasteiger partial charge >= 0.3 is 0 Å². The lowest BCUT2D eigenvalue weighted by atomic mass is 10.2. The Labute approximate surface area is 198 Å². The van der Waals surface area contributed by atoms with Crippen LogP contribution in [0.3, 0.4) is 0 Å². The van der Waals surface area contributed by atoms with E-state index < -0.39 is 11.7 Å². The van der Waals surface area contributed by atoms with Gasteiger partial charge in [0.15, 0.2) is 11.6 Å². The zero-order chi connectivity index (χ0) is 23.5. The molecule has 5 heterocycles. The summed E-state index contributed by atoms with van der Waals surface area (Å²) in [5.41, 5.74) is 2.30. The van der Waals surface area contributed by atoms with E-state index in [1.54, 1.807) is 29.1 Å². The lowest BCUT2D eigenvalue weighted by Gasteiger charge is -2.06. The van der Waals surface area contributed by atoms with Crippen molar-refractivity contribution in [2.45, 2.75) is 38.1 Å². The Morgan fingerprint density at radius 3 is 2.97 bits per heavy atom. The number of anilines is 1. The number of carbonyl (C=O) groups is 1. The van der Waals surface area contributed by atoms with E-state index in [4.69, 9.17) is 4.42 Å². The van der Waals surface area contributed by atoms with Crippen molar-refractivity contribution >= 4 is 22.7 Å². The number of halogens is 1. The second kappa shape index (κ2) is 7.59. The highest BCUT2D eigenvalue weighted by Gasteiger charge is 2.27. The largest absolute Gasteiger partial charge is 0.451 e. The molecule has 1 fully saturated rings. The molecule has 10 heteroatoms. The van der Waals surface area contributed by atoms with Crippen LogP contribution in [0, 0.1) is 5.82 Å². The first-order valence-electron chi connectivity index (χ1n) is 11.6. The third kappa shape index (κ3) is 3.40. The standard InChI is InChI=1S/C25H20FN7O2/c26-16-8-9-19-15(23(16)32-12-18(27-13-32)14-6-7-14)11-20(35-19)25(34)29-21-4-1-3-17(28-21)24-31-30-22-5-2-10-33(22)24/h1,3-4,8-9,11-14H,2,5-7,10H2,(H,28,29,34). The molecule has 2 aliphatic rings. The normalized spacial score (nSPS) is 15.0. The van der Waals surface area contributed by atoms with Crippen LogP contribution >= 0.6 is 0 Å². The number of benzene rings is 1. The number of amides is 1. The number of aryl methyl sites for hydroxylation is 1. The first kappa shape index (κ1) is 20.1. The van der Waals surface area contributed by atoms with Crippen LogP contribution in [-0.2, 0) is 13.0 Å². The second-order valence-electron chi connectivity index (χ2n) is 8.96. The van der Waals surface area contributed by atoms with Gasteiger partial charge in [-0.05, 0) is 49.6 Å². The maximum atomic E-state index is 14.8. The van der Waals surface area contributed by atoms with Gasteiger partial charge in [-0.3, -0.25) is 4.79 Å². The Morgan fingerprint density at radius 2 is 2.09 bits per heavy atom. The Bertz CT molecular complexity index is 1610. The molecule has 35 heavy (non-hydrogen) atoms. The number of nitrogens with one attached hydrogen (secondary N) is 1. The van der Waals surface area contributed by atoms with Crippen molar-refractivity contribution in [3.8, 4) is 17.2 Å². The molecule has 9 nitrogen and oxygen atoms in total. The van der Waals surface area contributed by atoms with Crippen LogP contribution in [0.1, 0.15) is 47.3 Å². The van der Waals surface area contributed by atoms with Gasteiger partial charge in [-0.2, -0.15) is 0 Å². The van der Waals surface area contributed by atoms with Gasteiger partial charge in [-0.25, -0.2) is 14.4 Å². The Balaban J connectivity index is 1.19. The summed E-state index contributed by atoms with van der Waals surface area (Å²) in [6, 6.07) is 9.74. The molecule has 0 atom stereocenters. The molecule has 0 radical (unpaired) electrons. The molecule has 1 N–H and O–H groups in total. The number of rotatable bonds is 5. The Morgan fingerprint density at radius 1 is 1.17 bits per heavy atom. The van der Waals surface area contributed by atoms with Crippen LogP contribution < -0.4 is 5.32 Å². The summed E-state index contributed by atoms with van der Waals surface area (Å²) in [4.78, 5) is 22.0. The molecule has 7 rings (SSSR count). The van der Waals surface area contributed by atoms with E-state index in [0.717, 1.165) is 43.7 Å². The predicted octanol–water partition coefficient (Wildman–Crippen LogP) is 4.49. The summed E-state index contributed by atoms with van der Waals surface area (Å²) >= 11 is 0. The van der Waals surface area contributed by atoms with Crippen LogP contribution in [0.2, 0.25) is 0 Å². The van der Waals surface area contributed by atoms with Gasteiger partial charge in [0.25, 0.3) is 5.91 Å². The van der Waals surface area contributed by atoms with Crippen molar-refractivity contribution < 1.29 is 13.6 Å². The molecule has 1 aromatic carbocycles. The van der Waals surface area contributed by atoms with Gasteiger partial charge in [0.2, 0.25) is 0 Å². The molecule has 1 aliphatic heterocycles. The van der Waals surface area contributed by atoms with E-state index in [2.05, 4.69) is 25.5 Å². The van der Waals surface area contributed by atoms with E-state index in [1.165, 1.54) is 12.1 Å². The SMILES string of the molecule is O=C(Nc1cccc(-c2nnc3n2CCC3)n1)c1cc2c(-n3cnc(C4CC4)c3)c(F)ccc2o1. The maximum absolute atomic E-state index is 14.8. The number of fused-ring (bicyclic) bond motifs is 2. The first-order chi connectivity index (χ1) is 17.1. The number of aromatic nitrogens is 6. The first-order valence-corrected chi connectivity index (χ1v) is 11.6. The minimum Gasteiger partial charge on any atom is -0.451 e. The monoisotopic (exact) mass is 469 g/mol. The summed E-state index contributed by atoms with van der Waals surface area (Å²) in [6.45, 7) is 0.854. The van der Waals surface area contributed by atoms with Crippen LogP contribution in [0.15, 0.2) is 53.3 Å². The predicted molar refractivity (Wildman–Crippen MR) is 125 cm³/mol. The van der Waals surface area contributed by atoms with Gasteiger partial charge in [0.1, 0.15) is 28.7 Å². The highest BCUT2D eigenvalue weighted by Crippen LogP contribution is 2.39. The quantitative estimate of drug-likeness (QED) is 0.407. The second-order valence-corrected chi connectivity index (χ2v) is 8.96. The number of furan rings is 1.